The minimum atomic E-state index is -0.852. The standard InChI is InChI=1S/C10H22.CH6N4O/c1-5-7-8-9-10(3,4)6-2;2-1(6)5(3)4/h5-9H2,1-4H3;3-4H2,(H2,2,6). The summed E-state index contributed by atoms with van der Waals surface area (Å²) < 4.78 is 0. The average Bonchev–Trinajstić information content (AvgIpc) is 2.19. The van der Waals surface area contributed by atoms with E-state index in [1.54, 1.807) is 0 Å². The van der Waals surface area contributed by atoms with Crippen LogP contribution in [0.1, 0.15) is 59.8 Å². The van der Waals surface area contributed by atoms with Gasteiger partial charge >= 0.3 is 6.03 Å². The fourth-order valence-corrected chi connectivity index (χ4v) is 1.03. The summed E-state index contributed by atoms with van der Waals surface area (Å²) in [4.78, 5) is 9.60. The topological polar surface area (TPSA) is 98.4 Å². The summed E-state index contributed by atoms with van der Waals surface area (Å²) in [7, 11) is 0. The average molecular weight is 232 g/mol. The minimum absolute atomic E-state index is 0.306. The maximum absolute atomic E-state index is 9.60. The Bertz CT molecular complexity index is 181. The van der Waals surface area contributed by atoms with Gasteiger partial charge in [0, 0.05) is 0 Å². The second-order valence-corrected chi connectivity index (χ2v) is 4.72. The molecule has 0 aliphatic carbocycles. The number of urea groups is 1. The SMILES string of the molecule is CCCCCC(C)(C)CC.NC(=O)N(N)N. The van der Waals surface area contributed by atoms with Crippen LogP contribution in [0.2, 0.25) is 0 Å². The van der Waals surface area contributed by atoms with E-state index in [-0.39, 0.29) is 0 Å². The van der Waals surface area contributed by atoms with Gasteiger partial charge in [-0.05, 0) is 11.8 Å². The molecule has 0 spiro atoms. The molecule has 16 heavy (non-hydrogen) atoms. The van der Waals surface area contributed by atoms with E-state index < -0.39 is 6.03 Å². The summed E-state index contributed by atoms with van der Waals surface area (Å²) in [6.07, 6.45) is 6.88. The molecule has 0 aromatic rings. The Labute approximate surface area is 99.3 Å². The zero-order valence-corrected chi connectivity index (χ0v) is 11.1. The maximum Gasteiger partial charge on any atom is 0.343 e. The van der Waals surface area contributed by atoms with E-state index in [2.05, 4.69) is 45.1 Å². The number of carbonyl (C=O) groups excluding carboxylic acids is 1. The second kappa shape index (κ2) is 9.42. The molecular weight excluding hydrogens is 204 g/mol. The number of unbranched alkanes of at least 4 members (excludes halogenated alkanes) is 2. The smallest absolute Gasteiger partial charge is 0.343 e. The van der Waals surface area contributed by atoms with Crippen molar-refractivity contribution in [2.24, 2.45) is 22.8 Å². The molecule has 2 amide bonds. The third-order valence-electron chi connectivity index (χ3n) is 2.67. The third-order valence-corrected chi connectivity index (χ3v) is 2.67. The van der Waals surface area contributed by atoms with Crippen LogP contribution in [-0.2, 0) is 0 Å². The number of rotatable bonds is 5. The number of nitrogens with two attached hydrogens (primary N) is 3. The van der Waals surface area contributed by atoms with Gasteiger partial charge in [0.15, 0.2) is 0 Å². The van der Waals surface area contributed by atoms with Crippen LogP contribution in [0.3, 0.4) is 0 Å². The maximum atomic E-state index is 9.60. The van der Waals surface area contributed by atoms with E-state index in [1.807, 2.05) is 0 Å². The summed E-state index contributed by atoms with van der Waals surface area (Å²) in [6.45, 7) is 9.27. The number of primary amides is 1. The van der Waals surface area contributed by atoms with E-state index in [0.717, 1.165) is 0 Å². The molecule has 0 aromatic carbocycles. The van der Waals surface area contributed by atoms with Gasteiger partial charge in [0.05, 0.1) is 0 Å². The Morgan fingerprint density at radius 2 is 1.62 bits per heavy atom. The Morgan fingerprint density at radius 1 is 1.19 bits per heavy atom. The number of carbonyl (C=O) groups is 1. The predicted octanol–water partition coefficient (Wildman–Crippen LogP) is 2.12. The van der Waals surface area contributed by atoms with Crippen LogP contribution in [0, 0.1) is 5.41 Å². The monoisotopic (exact) mass is 232 g/mol. The first-order valence-electron chi connectivity index (χ1n) is 5.85. The van der Waals surface area contributed by atoms with Crippen LogP contribution in [0.4, 0.5) is 4.79 Å². The largest absolute Gasteiger partial charge is 0.349 e. The molecule has 0 bridgehead atoms. The predicted molar refractivity (Wildman–Crippen MR) is 68.0 cm³/mol. The molecule has 0 unspecified atom stereocenters. The van der Waals surface area contributed by atoms with E-state index in [4.69, 9.17) is 0 Å². The molecule has 0 heterocycles. The summed E-state index contributed by atoms with van der Waals surface area (Å²) in [6, 6.07) is -0.852. The molecule has 0 radical (unpaired) electrons. The number of nitrogens with zero attached hydrogens (tertiary/aromatic N) is 1. The van der Waals surface area contributed by atoms with Crippen molar-refractivity contribution in [2.75, 3.05) is 0 Å². The summed E-state index contributed by atoms with van der Waals surface area (Å²) >= 11 is 0. The molecule has 98 valence electrons. The first-order valence-corrected chi connectivity index (χ1v) is 5.85. The van der Waals surface area contributed by atoms with Gasteiger partial charge < -0.3 is 5.73 Å². The summed E-state index contributed by atoms with van der Waals surface area (Å²) in [5.41, 5.74) is 5.06. The number of amides is 2. The highest BCUT2D eigenvalue weighted by molar-refractivity contribution is 5.70. The van der Waals surface area contributed by atoms with Gasteiger partial charge in [-0.15, -0.1) is 0 Å². The van der Waals surface area contributed by atoms with Crippen LogP contribution >= 0.6 is 0 Å². The Balaban J connectivity index is 0. The summed E-state index contributed by atoms with van der Waals surface area (Å²) in [5.74, 6) is 9.14. The van der Waals surface area contributed by atoms with Gasteiger partial charge in [-0.3, -0.25) is 0 Å². The molecule has 0 aliphatic heterocycles. The minimum Gasteiger partial charge on any atom is -0.349 e. The van der Waals surface area contributed by atoms with Gasteiger partial charge in [0.25, 0.3) is 0 Å². The van der Waals surface area contributed by atoms with Crippen LogP contribution in [0.5, 0.6) is 0 Å². The number of hydrogen-bond donors (Lipinski definition) is 3. The van der Waals surface area contributed by atoms with Crippen molar-refractivity contribution in [3.05, 3.63) is 0 Å². The van der Waals surface area contributed by atoms with Crippen LogP contribution in [0.25, 0.3) is 0 Å². The Morgan fingerprint density at radius 3 is 1.88 bits per heavy atom. The van der Waals surface area contributed by atoms with E-state index in [1.165, 1.54) is 32.1 Å². The first kappa shape index (κ1) is 17.6. The number of hydrogen-bond acceptors (Lipinski definition) is 3. The first-order chi connectivity index (χ1) is 7.26. The molecule has 0 saturated heterocycles. The van der Waals surface area contributed by atoms with Gasteiger partial charge in [0.1, 0.15) is 0 Å². The molecule has 0 fully saturated rings. The Kier molecular flexibility index (Phi) is 10.3. The quantitative estimate of drug-likeness (QED) is 0.293. The van der Waals surface area contributed by atoms with E-state index in [0.29, 0.717) is 10.5 Å². The molecule has 5 nitrogen and oxygen atoms in total. The van der Waals surface area contributed by atoms with Crippen molar-refractivity contribution in [1.82, 2.24) is 5.12 Å². The lowest BCUT2D eigenvalue weighted by Crippen LogP contribution is -2.46. The van der Waals surface area contributed by atoms with Crippen molar-refractivity contribution < 1.29 is 4.79 Å². The van der Waals surface area contributed by atoms with E-state index in [9.17, 15) is 4.79 Å². The number of hydrazine groups is 2. The lowest BCUT2D eigenvalue weighted by atomic mass is 9.84. The van der Waals surface area contributed by atoms with Crippen LogP contribution < -0.4 is 17.4 Å². The highest BCUT2D eigenvalue weighted by Crippen LogP contribution is 2.26. The fraction of sp³-hybridized carbons (Fsp3) is 0.909. The normalized spacial score (nSPS) is 10.4. The second-order valence-electron chi connectivity index (χ2n) is 4.72. The molecule has 0 atom stereocenters. The van der Waals surface area contributed by atoms with Crippen molar-refractivity contribution in [3.8, 4) is 0 Å². The molecular formula is C11H28N4O. The zero-order chi connectivity index (χ0) is 13.2. The Hall–Kier alpha value is -0.810. The molecule has 0 saturated carbocycles. The molecule has 0 rings (SSSR count). The van der Waals surface area contributed by atoms with Gasteiger partial charge in [0.2, 0.25) is 0 Å². The van der Waals surface area contributed by atoms with Crippen LogP contribution in [-0.4, -0.2) is 11.1 Å². The molecule has 0 aromatic heterocycles. The van der Waals surface area contributed by atoms with E-state index >= 15 is 0 Å². The zero-order valence-electron chi connectivity index (χ0n) is 11.1. The fourth-order valence-electron chi connectivity index (χ4n) is 1.03. The molecule has 5 heteroatoms. The van der Waals surface area contributed by atoms with Crippen molar-refractivity contribution in [1.29, 1.82) is 0 Å². The van der Waals surface area contributed by atoms with Crippen molar-refractivity contribution in [2.45, 2.75) is 59.8 Å². The molecule has 6 N–H and O–H groups in total. The van der Waals surface area contributed by atoms with Crippen molar-refractivity contribution >= 4 is 6.03 Å². The van der Waals surface area contributed by atoms with Gasteiger partial charge in [-0.2, -0.15) is 5.12 Å². The highest BCUT2D eigenvalue weighted by Gasteiger charge is 2.13. The third kappa shape index (κ3) is 13.2. The van der Waals surface area contributed by atoms with Gasteiger partial charge in [-0.25, -0.2) is 16.5 Å². The lowest BCUT2D eigenvalue weighted by molar-refractivity contribution is 0.210. The lowest BCUT2D eigenvalue weighted by Gasteiger charge is -2.21. The van der Waals surface area contributed by atoms with Crippen LogP contribution in [0.15, 0.2) is 0 Å². The highest BCUT2D eigenvalue weighted by atomic mass is 16.2. The van der Waals surface area contributed by atoms with Crippen molar-refractivity contribution in [3.63, 3.8) is 0 Å². The molecule has 0 aliphatic rings. The van der Waals surface area contributed by atoms with Gasteiger partial charge in [-0.1, -0.05) is 53.4 Å². The summed E-state index contributed by atoms with van der Waals surface area (Å²) in [5, 5.41) is 0.306.